The minimum absolute atomic E-state index is 0.0627. The lowest BCUT2D eigenvalue weighted by atomic mass is 10.1. The lowest BCUT2D eigenvalue weighted by Gasteiger charge is -2.14. The second-order valence-corrected chi connectivity index (χ2v) is 6.18. The van der Waals surface area contributed by atoms with Crippen LogP contribution < -0.4 is 10.6 Å². The molecule has 26 heavy (non-hydrogen) atoms. The highest BCUT2D eigenvalue weighted by atomic mass is 16.5. The number of nitrogens with one attached hydrogen (secondary N) is 2. The number of carbonyl (C=O) groups excluding carboxylic acids is 2. The second kappa shape index (κ2) is 7.82. The molecular weight excluding hydrogens is 330 g/mol. The van der Waals surface area contributed by atoms with Crippen LogP contribution in [0.25, 0.3) is 11.0 Å². The van der Waals surface area contributed by atoms with Crippen LogP contribution in [0.4, 0.5) is 5.69 Å². The van der Waals surface area contributed by atoms with Gasteiger partial charge in [0.15, 0.2) is 5.58 Å². The Hall–Kier alpha value is -3.15. The number of para-hydroxylation sites is 2. The molecule has 2 N–H and O–H groups in total. The zero-order valence-corrected chi connectivity index (χ0v) is 14.8. The molecule has 2 amide bonds. The Kier molecular flexibility index (Phi) is 5.31. The van der Waals surface area contributed by atoms with Gasteiger partial charge in [-0.15, -0.1) is 0 Å². The minimum atomic E-state index is -0.257. The van der Waals surface area contributed by atoms with E-state index < -0.39 is 0 Å². The lowest BCUT2D eigenvalue weighted by molar-refractivity contribution is -0.115. The molecule has 0 spiro atoms. The van der Waals surface area contributed by atoms with Crippen LogP contribution in [0.3, 0.4) is 0 Å². The average Bonchev–Trinajstić information content (AvgIpc) is 3.05. The molecule has 1 aromatic heterocycles. The van der Waals surface area contributed by atoms with Crippen LogP contribution in [-0.2, 0) is 11.2 Å². The van der Waals surface area contributed by atoms with E-state index in [1.54, 1.807) is 30.3 Å². The Morgan fingerprint density at radius 1 is 1.12 bits per heavy atom. The molecule has 0 saturated carbocycles. The van der Waals surface area contributed by atoms with Crippen LogP contribution >= 0.6 is 0 Å². The van der Waals surface area contributed by atoms with Gasteiger partial charge in [0.1, 0.15) is 5.69 Å². The summed E-state index contributed by atoms with van der Waals surface area (Å²) < 4.78 is 5.22. The predicted octanol–water partition coefficient (Wildman–Crippen LogP) is 3.54. The van der Waals surface area contributed by atoms with Gasteiger partial charge in [-0.1, -0.05) is 36.3 Å². The fourth-order valence-corrected chi connectivity index (χ4v) is 2.61. The Bertz CT molecular complexity index is 933. The summed E-state index contributed by atoms with van der Waals surface area (Å²) in [6.45, 7) is 3.94. The summed E-state index contributed by atoms with van der Waals surface area (Å²) in [7, 11) is 0. The molecule has 6 nitrogen and oxygen atoms in total. The first-order chi connectivity index (χ1) is 12.6. The third kappa shape index (κ3) is 3.91. The SMILES string of the molecule is CCC(C)NC(=O)c1ccccc1NC(=O)Cc1noc2ccccc12. The van der Waals surface area contributed by atoms with Gasteiger partial charge in [-0.05, 0) is 37.6 Å². The van der Waals surface area contributed by atoms with Crippen molar-refractivity contribution in [1.82, 2.24) is 10.5 Å². The molecule has 3 aromatic rings. The minimum Gasteiger partial charge on any atom is -0.356 e. The van der Waals surface area contributed by atoms with Crippen molar-refractivity contribution in [2.75, 3.05) is 5.32 Å². The van der Waals surface area contributed by atoms with Crippen LogP contribution in [0, 0.1) is 0 Å². The number of benzene rings is 2. The van der Waals surface area contributed by atoms with Crippen molar-refractivity contribution in [3.8, 4) is 0 Å². The van der Waals surface area contributed by atoms with E-state index in [-0.39, 0.29) is 24.3 Å². The molecule has 2 aromatic carbocycles. The van der Waals surface area contributed by atoms with E-state index >= 15 is 0 Å². The average molecular weight is 351 g/mol. The van der Waals surface area contributed by atoms with E-state index in [2.05, 4.69) is 15.8 Å². The summed E-state index contributed by atoms with van der Waals surface area (Å²) in [6.07, 6.45) is 0.901. The smallest absolute Gasteiger partial charge is 0.253 e. The number of aromatic nitrogens is 1. The number of carbonyl (C=O) groups is 2. The van der Waals surface area contributed by atoms with Crippen molar-refractivity contribution < 1.29 is 14.1 Å². The quantitative estimate of drug-likeness (QED) is 0.711. The molecule has 0 fully saturated rings. The summed E-state index contributed by atoms with van der Waals surface area (Å²) in [5.74, 6) is -0.463. The number of fused-ring (bicyclic) bond motifs is 1. The number of amides is 2. The third-order valence-electron chi connectivity index (χ3n) is 4.22. The van der Waals surface area contributed by atoms with Crippen LogP contribution in [0.1, 0.15) is 36.3 Å². The molecule has 0 aliphatic carbocycles. The molecule has 3 rings (SSSR count). The Morgan fingerprint density at radius 3 is 2.65 bits per heavy atom. The zero-order valence-electron chi connectivity index (χ0n) is 14.8. The number of anilines is 1. The van der Waals surface area contributed by atoms with Crippen molar-refractivity contribution in [1.29, 1.82) is 0 Å². The molecule has 1 unspecified atom stereocenters. The molecule has 0 radical (unpaired) electrons. The summed E-state index contributed by atoms with van der Waals surface area (Å²) in [6, 6.07) is 14.4. The second-order valence-electron chi connectivity index (χ2n) is 6.18. The molecular formula is C20H21N3O3. The van der Waals surface area contributed by atoms with Crippen LogP contribution in [0.2, 0.25) is 0 Å². The highest BCUT2D eigenvalue weighted by Gasteiger charge is 2.16. The van der Waals surface area contributed by atoms with E-state index in [4.69, 9.17) is 4.52 Å². The fraction of sp³-hybridized carbons (Fsp3) is 0.250. The van der Waals surface area contributed by atoms with Crippen molar-refractivity contribution in [2.45, 2.75) is 32.7 Å². The van der Waals surface area contributed by atoms with Gasteiger partial charge in [0.2, 0.25) is 5.91 Å². The zero-order chi connectivity index (χ0) is 18.5. The standard InChI is InChI=1S/C20H21N3O3/c1-3-13(2)21-20(25)15-9-4-6-10-16(15)22-19(24)12-17-14-8-5-7-11-18(14)26-23-17/h4-11,13H,3,12H2,1-2H3,(H,21,25)(H,22,24). The van der Waals surface area contributed by atoms with Gasteiger partial charge < -0.3 is 15.2 Å². The number of rotatable bonds is 6. The molecule has 0 aliphatic rings. The highest BCUT2D eigenvalue weighted by molar-refractivity contribution is 6.04. The first kappa shape index (κ1) is 17.7. The van der Waals surface area contributed by atoms with Crippen LogP contribution in [0.5, 0.6) is 0 Å². The molecule has 134 valence electrons. The molecule has 0 aliphatic heterocycles. The maximum absolute atomic E-state index is 12.5. The normalized spacial score (nSPS) is 11.9. The Balaban J connectivity index is 1.74. The van der Waals surface area contributed by atoms with Gasteiger partial charge >= 0.3 is 0 Å². The number of hydrogen-bond acceptors (Lipinski definition) is 4. The molecule has 0 saturated heterocycles. The topological polar surface area (TPSA) is 84.2 Å². The van der Waals surface area contributed by atoms with Gasteiger partial charge in [0.25, 0.3) is 5.91 Å². The first-order valence-electron chi connectivity index (χ1n) is 8.61. The lowest BCUT2D eigenvalue weighted by Crippen LogP contribution is -2.32. The molecule has 0 bridgehead atoms. The molecule has 6 heteroatoms. The molecule has 1 heterocycles. The number of hydrogen-bond donors (Lipinski definition) is 2. The fourth-order valence-electron chi connectivity index (χ4n) is 2.61. The Labute approximate surface area is 151 Å². The van der Waals surface area contributed by atoms with E-state index in [1.807, 2.05) is 32.0 Å². The predicted molar refractivity (Wildman–Crippen MR) is 100 cm³/mol. The van der Waals surface area contributed by atoms with Crippen molar-refractivity contribution in [2.24, 2.45) is 0 Å². The maximum Gasteiger partial charge on any atom is 0.253 e. The third-order valence-corrected chi connectivity index (χ3v) is 4.22. The first-order valence-corrected chi connectivity index (χ1v) is 8.61. The summed E-state index contributed by atoms with van der Waals surface area (Å²) >= 11 is 0. The van der Waals surface area contributed by atoms with Crippen molar-refractivity contribution >= 4 is 28.5 Å². The van der Waals surface area contributed by atoms with Gasteiger partial charge in [-0.3, -0.25) is 9.59 Å². The maximum atomic E-state index is 12.5. The Morgan fingerprint density at radius 2 is 1.85 bits per heavy atom. The highest BCUT2D eigenvalue weighted by Crippen LogP contribution is 2.20. The van der Waals surface area contributed by atoms with E-state index in [1.165, 1.54) is 0 Å². The van der Waals surface area contributed by atoms with Gasteiger partial charge in [0.05, 0.1) is 17.7 Å². The van der Waals surface area contributed by atoms with Crippen LogP contribution in [-0.4, -0.2) is 23.0 Å². The summed E-state index contributed by atoms with van der Waals surface area (Å²) in [5.41, 5.74) is 2.13. The summed E-state index contributed by atoms with van der Waals surface area (Å²) in [4.78, 5) is 24.9. The van der Waals surface area contributed by atoms with Crippen molar-refractivity contribution in [3.63, 3.8) is 0 Å². The summed E-state index contributed by atoms with van der Waals surface area (Å²) in [5, 5.41) is 10.5. The van der Waals surface area contributed by atoms with Gasteiger partial charge in [-0.25, -0.2) is 0 Å². The van der Waals surface area contributed by atoms with Crippen LogP contribution in [0.15, 0.2) is 53.1 Å². The van der Waals surface area contributed by atoms with Crippen molar-refractivity contribution in [3.05, 3.63) is 59.8 Å². The molecule has 1 atom stereocenters. The largest absolute Gasteiger partial charge is 0.356 e. The monoisotopic (exact) mass is 351 g/mol. The van der Waals surface area contributed by atoms with E-state index in [0.29, 0.717) is 22.5 Å². The van der Waals surface area contributed by atoms with E-state index in [9.17, 15) is 9.59 Å². The van der Waals surface area contributed by atoms with Gasteiger partial charge in [-0.2, -0.15) is 0 Å². The van der Waals surface area contributed by atoms with E-state index in [0.717, 1.165) is 11.8 Å². The van der Waals surface area contributed by atoms with Gasteiger partial charge in [0, 0.05) is 11.4 Å². The number of nitrogens with zero attached hydrogens (tertiary/aromatic N) is 1.